The molecule has 0 bridgehead atoms. The van der Waals surface area contributed by atoms with E-state index in [1.165, 1.54) is 18.4 Å². The fourth-order valence-corrected chi connectivity index (χ4v) is 5.57. The van der Waals surface area contributed by atoms with Crippen molar-refractivity contribution in [3.8, 4) is 11.5 Å². The topological polar surface area (TPSA) is 99.9 Å². The molecule has 0 saturated heterocycles. The summed E-state index contributed by atoms with van der Waals surface area (Å²) < 4.78 is 21.5. The molecule has 4 aromatic rings. The summed E-state index contributed by atoms with van der Waals surface area (Å²) in [6.07, 6.45) is 0.472. The fourth-order valence-electron chi connectivity index (χ4n) is 3.68. The van der Waals surface area contributed by atoms with Crippen LogP contribution in [0.5, 0.6) is 11.5 Å². The summed E-state index contributed by atoms with van der Waals surface area (Å²) in [5.74, 6) is 0.606. The minimum atomic E-state index is -0.510. The standard InChI is InChI=1S/C24H19ClN2O6S2/c1-12-15(7-13-3-5-18-19(8-13)32-11-31-18)21(23(29)30-2)22(35-12)27-20(28)10-34-24-26-16-9-14(25)4-6-17(16)33-24/h3-6,8-9H,7,10-11H2,1-2H3,(H,27,28). The van der Waals surface area contributed by atoms with E-state index in [0.717, 1.165) is 27.8 Å². The van der Waals surface area contributed by atoms with E-state index in [4.69, 9.17) is 30.2 Å². The molecule has 0 atom stereocenters. The highest BCUT2D eigenvalue weighted by Crippen LogP contribution is 2.38. The number of halogens is 1. The molecule has 0 radical (unpaired) electrons. The van der Waals surface area contributed by atoms with Crippen molar-refractivity contribution in [2.75, 3.05) is 25.0 Å². The number of thiophene rings is 1. The molecule has 180 valence electrons. The maximum atomic E-state index is 12.7. The number of fused-ring (bicyclic) bond motifs is 2. The summed E-state index contributed by atoms with van der Waals surface area (Å²) in [7, 11) is 1.32. The molecule has 2 aromatic heterocycles. The van der Waals surface area contributed by atoms with Crippen LogP contribution in [0.1, 0.15) is 26.4 Å². The SMILES string of the molecule is COC(=O)c1c(NC(=O)CSc2nc3cc(Cl)ccc3o2)sc(C)c1Cc1ccc2c(c1)OCO2. The van der Waals surface area contributed by atoms with Gasteiger partial charge in [-0.2, -0.15) is 0 Å². The number of rotatable bonds is 7. The number of nitrogens with zero attached hydrogens (tertiary/aromatic N) is 1. The van der Waals surface area contributed by atoms with Crippen LogP contribution in [0.3, 0.4) is 0 Å². The number of methoxy groups -OCH3 is 1. The number of ether oxygens (including phenoxy) is 3. The van der Waals surface area contributed by atoms with Crippen molar-refractivity contribution in [1.29, 1.82) is 0 Å². The van der Waals surface area contributed by atoms with E-state index in [-0.39, 0.29) is 18.5 Å². The number of aromatic nitrogens is 1. The Bertz CT molecular complexity index is 1450. The first-order chi connectivity index (χ1) is 16.9. The lowest BCUT2D eigenvalue weighted by Crippen LogP contribution is -2.16. The van der Waals surface area contributed by atoms with Crippen molar-refractivity contribution in [2.24, 2.45) is 0 Å². The molecular formula is C24H19ClN2O6S2. The van der Waals surface area contributed by atoms with E-state index in [1.807, 2.05) is 25.1 Å². The van der Waals surface area contributed by atoms with Gasteiger partial charge in [-0.15, -0.1) is 11.3 Å². The number of oxazole rings is 1. The van der Waals surface area contributed by atoms with Gasteiger partial charge in [0.1, 0.15) is 10.5 Å². The quantitative estimate of drug-likeness (QED) is 0.240. The third kappa shape index (κ3) is 4.95. The molecule has 0 spiro atoms. The third-order valence-corrected chi connectivity index (χ3v) is 7.45. The molecule has 2 aromatic carbocycles. The summed E-state index contributed by atoms with van der Waals surface area (Å²) in [6, 6.07) is 10.8. The van der Waals surface area contributed by atoms with E-state index in [0.29, 0.717) is 49.8 Å². The summed E-state index contributed by atoms with van der Waals surface area (Å²) in [5, 5.41) is 4.21. The second kappa shape index (κ2) is 9.80. The van der Waals surface area contributed by atoms with Crippen LogP contribution in [-0.2, 0) is 16.0 Å². The molecule has 0 unspecified atom stereocenters. The zero-order valence-electron chi connectivity index (χ0n) is 18.7. The Morgan fingerprint density at radius 3 is 2.86 bits per heavy atom. The Labute approximate surface area is 213 Å². The lowest BCUT2D eigenvalue weighted by atomic mass is 10.0. The predicted octanol–water partition coefficient (Wildman–Crippen LogP) is 5.69. The number of esters is 1. The first-order valence-corrected chi connectivity index (χ1v) is 12.7. The highest BCUT2D eigenvalue weighted by Gasteiger charge is 2.25. The van der Waals surface area contributed by atoms with Crippen LogP contribution >= 0.6 is 34.7 Å². The van der Waals surface area contributed by atoms with Gasteiger partial charge in [-0.3, -0.25) is 4.79 Å². The summed E-state index contributed by atoms with van der Waals surface area (Å²) in [5.41, 5.74) is 3.30. The monoisotopic (exact) mass is 530 g/mol. The van der Waals surface area contributed by atoms with Gasteiger partial charge in [0, 0.05) is 9.90 Å². The van der Waals surface area contributed by atoms with E-state index in [2.05, 4.69) is 10.3 Å². The largest absolute Gasteiger partial charge is 0.465 e. The third-order valence-electron chi connectivity index (χ3n) is 5.33. The molecule has 1 N–H and O–H groups in total. The van der Waals surface area contributed by atoms with Crippen LogP contribution in [0, 0.1) is 6.92 Å². The van der Waals surface area contributed by atoms with Gasteiger partial charge in [-0.25, -0.2) is 9.78 Å². The highest BCUT2D eigenvalue weighted by molar-refractivity contribution is 7.99. The Morgan fingerprint density at radius 1 is 1.20 bits per heavy atom. The molecule has 8 nitrogen and oxygen atoms in total. The molecule has 1 aliphatic heterocycles. The molecule has 0 aliphatic carbocycles. The van der Waals surface area contributed by atoms with E-state index in [1.54, 1.807) is 18.2 Å². The summed E-state index contributed by atoms with van der Waals surface area (Å²) in [6.45, 7) is 2.10. The zero-order valence-corrected chi connectivity index (χ0v) is 21.1. The average Bonchev–Trinajstić information content (AvgIpc) is 3.54. The van der Waals surface area contributed by atoms with Crippen molar-refractivity contribution in [3.05, 3.63) is 63.0 Å². The summed E-state index contributed by atoms with van der Waals surface area (Å²) >= 11 is 8.47. The second-order valence-electron chi connectivity index (χ2n) is 7.63. The second-order valence-corrected chi connectivity index (χ2v) is 10.2. The summed E-state index contributed by atoms with van der Waals surface area (Å²) in [4.78, 5) is 30.7. The molecule has 35 heavy (non-hydrogen) atoms. The van der Waals surface area contributed by atoms with Crippen molar-refractivity contribution < 1.29 is 28.2 Å². The maximum Gasteiger partial charge on any atom is 0.341 e. The average molecular weight is 531 g/mol. The van der Waals surface area contributed by atoms with Gasteiger partial charge < -0.3 is 23.9 Å². The molecular weight excluding hydrogens is 512 g/mol. The first kappa shape index (κ1) is 23.5. The number of amides is 1. The highest BCUT2D eigenvalue weighted by atomic mass is 35.5. The number of hydrogen-bond donors (Lipinski definition) is 1. The van der Waals surface area contributed by atoms with Gasteiger partial charge in [-0.1, -0.05) is 29.4 Å². The molecule has 1 amide bonds. The number of carbonyl (C=O) groups is 2. The van der Waals surface area contributed by atoms with Crippen molar-refractivity contribution in [1.82, 2.24) is 4.98 Å². The molecule has 1 aliphatic rings. The number of hydrogen-bond acceptors (Lipinski definition) is 9. The zero-order chi connectivity index (χ0) is 24.5. The number of nitrogens with one attached hydrogen (secondary N) is 1. The smallest absolute Gasteiger partial charge is 0.341 e. The van der Waals surface area contributed by atoms with Gasteiger partial charge in [0.05, 0.1) is 18.4 Å². The fraction of sp³-hybridized carbons (Fsp3) is 0.208. The lowest BCUT2D eigenvalue weighted by molar-refractivity contribution is -0.113. The van der Waals surface area contributed by atoms with Crippen LogP contribution in [0.2, 0.25) is 5.02 Å². The van der Waals surface area contributed by atoms with Crippen LogP contribution in [0.15, 0.2) is 46.0 Å². The molecule has 0 saturated carbocycles. The Kier molecular flexibility index (Phi) is 6.59. The van der Waals surface area contributed by atoms with Crippen LogP contribution in [0.25, 0.3) is 11.1 Å². The first-order valence-electron chi connectivity index (χ1n) is 10.5. The van der Waals surface area contributed by atoms with Gasteiger partial charge in [-0.05, 0) is 54.8 Å². The van der Waals surface area contributed by atoms with E-state index < -0.39 is 5.97 Å². The Balaban J connectivity index is 1.33. The molecule has 3 heterocycles. The van der Waals surface area contributed by atoms with Gasteiger partial charge >= 0.3 is 5.97 Å². The van der Waals surface area contributed by atoms with Crippen LogP contribution in [0.4, 0.5) is 5.00 Å². The number of carbonyl (C=O) groups excluding carboxylic acids is 2. The van der Waals surface area contributed by atoms with Gasteiger partial charge in [0.15, 0.2) is 17.1 Å². The van der Waals surface area contributed by atoms with Crippen molar-refractivity contribution in [3.63, 3.8) is 0 Å². The van der Waals surface area contributed by atoms with Crippen LogP contribution < -0.4 is 14.8 Å². The van der Waals surface area contributed by atoms with Gasteiger partial charge in [0.25, 0.3) is 5.22 Å². The number of benzene rings is 2. The predicted molar refractivity (Wildman–Crippen MR) is 134 cm³/mol. The van der Waals surface area contributed by atoms with Crippen LogP contribution in [-0.4, -0.2) is 36.5 Å². The minimum Gasteiger partial charge on any atom is -0.465 e. The van der Waals surface area contributed by atoms with Gasteiger partial charge in [0.2, 0.25) is 12.7 Å². The minimum absolute atomic E-state index is 0.0512. The van der Waals surface area contributed by atoms with Crippen molar-refractivity contribution in [2.45, 2.75) is 18.6 Å². The maximum absolute atomic E-state index is 12.7. The Morgan fingerprint density at radius 2 is 2.03 bits per heavy atom. The van der Waals surface area contributed by atoms with E-state index in [9.17, 15) is 9.59 Å². The lowest BCUT2D eigenvalue weighted by Gasteiger charge is -2.08. The molecule has 5 rings (SSSR count). The molecule has 0 fully saturated rings. The van der Waals surface area contributed by atoms with E-state index >= 15 is 0 Å². The number of aryl methyl sites for hydroxylation is 1. The molecule has 11 heteroatoms. The number of anilines is 1. The number of thioether (sulfide) groups is 1. The van der Waals surface area contributed by atoms with Crippen molar-refractivity contribution >= 4 is 62.7 Å². The Hall–Kier alpha value is -3.21. The normalized spacial score (nSPS) is 12.2.